The Hall–Kier alpha value is -0.890. The number of likely N-dealkylation sites (N-methyl/N-ethyl adjacent to an activating group) is 1. The Bertz CT molecular complexity index is 296. The van der Waals surface area contributed by atoms with Crippen molar-refractivity contribution in [2.45, 2.75) is 13.0 Å². The number of fused-ring (bicyclic) bond motifs is 1. The second-order valence-electron chi connectivity index (χ2n) is 3.37. The molecule has 2 rings (SSSR count). The molecule has 0 fully saturated rings. The van der Waals surface area contributed by atoms with E-state index in [2.05, 4.69) is 4.90 Å². The number of benzene rings is 1. The molecule has 0 unspecified atom stereocenters. The van der Waals surface area contributed by atoms with E-state index in [1.54, 1.807) is 6.07 Å². The summed E-state index contributed by atoms with van der Waals surface area (Å²) >= 11 is 0. The van der Waals surface area contributed by atoms with Crippen LogP contribution in [0.15, 0.2) is 18.2 Å². The van der Waals surface area contributed by atoms with E-state index in [4.69, 9.17) is 0 Å². The monoisotopic (exact) mass is 165 g/mol. The summed E-state index contributed by atoms with van der Waals surface area (Å²) in [4.78, 5) is 2.14. The maximum Gasteiger partial charge on any atom is 0.127 e. The SMILES string of the molecule is CN1CCc2cccc(F)c2C1. The molecule has 0 radical (unpaired) electrons. The number of hydrogen-bond acceptors (Lipinski definition) is 1. The summed E-state index contributed by atoms with van der Waals surface area (Å²) in [6.07, 6.45) is 0.976. The van der Waals surface area contributed by atoms with E-state index in [1.165, 1.54) is 11.6 Å². The third-order valence-corrected chi connectivity index (χ3v) is 2.41. The molecule has 0 amide bonds. The van der Waals surface area contributed by atoms with E-state index < -0.39 is 0 Å². The third-order valence-electron chi connectivity index (χ3n) is 2.41. The van der Waals surface area contributed by atoms with Crippen LogP contribution in [-0.2, 0) is 13.0 Å². The molecule has 0 aromatic heterocycles. The van der Waals surface area contributed by atoms with Crippen LogP contribution in [0.25, 0.3) is 0 Å². The molecule has 0 saturated heterocycles. The van der Waals surface area contributed by atoms with E-state index in [1.807, 2.05) is 13.1 Å². The largest absolute Gasteiger partial charge is 0.302 e. The van der Waals surface area contributed by atoms with Crippen molar-refractivity contribution < 1.29 is 4.39 Å². The minimum absolute atomic E-state index is 0.0564. The molecule has 1 heterocycles. The lowest BCUT2D eigenvalue weighted by atomic mass is 10.00. The van der Waals surface area contributed by atoms with Gasteiger partial charge in [0.25, 0.3) is 0 Å². The molecule has 0 atom stereocenters. The van der Waals surface area contributed by atoms with Crippen LogP contribution in [0.1, 0.15) is 11.1 Å². The predicted molar refractivity (Wildman–Crippen MR) is 46.4 cm³/mol. The fourth-order valence-electron chi connectivity index (χ4n) is 1.67. The van der Waals surface area contributed by atoms with E-state index in [9.17, 15) is 4.39 Å². The summed E-state index contributed by atoms with van der Waals surface area (Å²) in [5.74, 6) is -0.0564. The van der Waals surface area contributed by atoms with Crippen molar-refractivity contribution in [1.29, 1.82) is 0 Å². The van der Waals surface area contributed by atoms with Crippen molar-refractivity contribution in [3.05, 3.63) is 35.1 Å². The van der Waals surface area contributed by atoms with Crippen molar-refractivity contribution in [2.24, 2.45) is 0 Å². The van der Waals surface area contributed by atoms with Gasteiger partial charge in [-0.2, -0.15) is 0 Å². The zero-order valence-corrected chi connectivity index (χ0v) is 7.18. The van der Waals surface area contributed by atoms with Gasteiger partial charge in [-0.1, -0.05) is 12.1 Å². The first-order valence-electron chi connectivity index (χ1n) is 4.22. The molecule has 1 aromatic carbocycles. The van der Waals surface area contributed by atoms with Crippen LogP contribution in [0, 0.1) is 5.82 Å². The molecule has 1 nitrogen and oxygen atoms in total. The molecule has 1 aliphatic rings. The van der Waals surface area contributed by atoms with Crippen molar-refractivity contribution >= 4 is 0 Å². The highest BCUT2D eigenvalue weighted by Gasteiger charge is 2.15. The first-order chi connectivity index (χ1) is 5.77. The summed E-state index contributed by atoms with van der Waals surface area (Å²) < 4.78 is 13.2. The smallest absolute Gasteiger partial charge is 0.127 e. The molecule has 0 saturated carbocycles. The highest BCUT2D eigenvalue weighted by molar-refractivity contribution is 5.30. The Balaban J connectivity index is 2.43. The molecule has 1 aliphatic heterocycles. The van der Waals surface area contributed by atoms with Crippen LogP contribution in [-0.4, -0.2) is 18.5 Å². The maximum absolute atomic E-state index is 13.2. The van der Waals surface area contributed by atoms with Crippen LogP contribution in [0.2, 0.25) is 0 Å². The molecule has 1 aromatic rings. The standard InChI is InChI=1S/C10H12FN/c1-12-6-5-8-3-2-4-10(11)9(8)7-12/h2-4H,5-7H2,1H3. The maximum atomic E-state index is 13.2. The molecule has 12 heavy (non-hydrogen) atoms. The van der Waals surface area contributed by atoms with E-state index >= 15 is 0 Å². The molecular weight excluding hydrogens is 153 g/mol. The van der Waals surface area contributed by atoms with Gasteiger partial charge in [0.15, 0.2) is 0 Å². The van der Waals surface area contributed by atoms with Gasteiger partial charge >= 0.3 is 0 Å². The van der Waals surface area contributed by atoms with Gasteiger partial charge in [-0.05, 0) is 25.1 Å². The minimum Gasteiger partial charge on any atom is -0.302 e. The first-order valence-corrected chi connectivity index (χ1v) is 4.22. The molecule has 0 bridgehead atoms. The highest BCUT2D eigenvalue weighted by atomic mass is 19.1. The second kappa shape index (κ2) is 2.87. The number of hydrogen-bond donors (Lipinski definition) is 0. The Morgan fingerprint density at radius 2 is 2.25 bits per heavy atom. The van der Waals surface area contributed by atoms with E-state index in [0.717, 1.165) is 25.1 Å². The van der Waals surface area contributed by atoms with Gasteiger partial charge in [0.05, 0.1) is 0 Å². The molecular formula is C10H12FN. The van der Waals surface area contributed by atoms with Crippen LogP contribution in [0.5, 0.6) is 0 Å². The van der Waals surface area contributed by atoms with Crippen molar-refractivity contribution in [1.82, 2.24) is 4.90 Å². The summed E-state index contributed by atoms with van der Waals surface area (Å²) in [5, 5.41) is 0. The Morgan fingerprint density at radius 3 is 3.08 bits per heavy atom. The summed E-state index contributed by atoms with van der Waals surface area (Å²) in [6, 6.07) is 5.35. The Kier molecular flexibility index (Phi) is 1.85. The highest BCUT2D eigenvalue weighted by Crippen LogP contribution is 2.20. The van der Waals surface area contributed by atoms with Crippen molar-refractivity contribution in [3.8, 4) is 0 Å². The molecule has 64 valence electrons. The van der Waals surface area contributed by atoms with Crippen molar-refractivity contribution in [3.63, 3.8) is 0 Å². The lowest BCUT2D eigenvalue weighted by Crippen LogP contribution is -2.27. The number of nitrogens with zero attached hydrogens (tertiary/aromatic N) is 1. The zero-order chi connectivity index (χ0) is 8.55. The lowest BCUT2D eigenvalue weighted by molar-refractivity contribution is 0.306. The van der Waals surface area contributed by atoms with Gasteiger partial charge in [-0.25, -0.2) is 4.39 Å². The zero-order valence-electron chi connectivity index (χ0n) is 7.18. The predicted octanol–water partition coefficient (Wildman–Crippen LogP) is 1.81. The van der Waals surface area contributed by atoms with E-state index in [0.29, 0.717) is 0 Å². The first kappa shape index (κ1) is 7.74. The van der Waals surface area contributed by atoms with Crippen molar-refractivity contribution in [2.75, 3.05) is 13.6 Å². The van der Waals surface area contributed by atoms with Crippen LogP contribution in [0.4, 0.5) is 4.39 Å². The van der Waals surface area contributed by atoms with Crippen LogP contribution < -0.4 is 0 Å². The normalized spacial score (nSPS) is 17.5. The molecule has 0 N–H and O–H groups in total. The molecule has 0 aliphatic carbocycles. The quantitative estimate of drug-likeness (QED) is 0.566. The Morgan fingerprint density at radius 1 is 1.42 bits per heavy atom. The van der Waals surface area contributed by atoms with Gasteiger partial charge in [0.2, 0.25) is 0 Å². The van der Waals surface area contributed by atoms with Gasteiger partial charge in [0.1, 0.15) is 5.82 Å². The summed E-state index contributed by atoms with van der Waals surface area (Å²) in [7, 11) is 2.02. The lowest BCUT2D eigenvalue weighted by Gasteiger charge is -2.24. The molecule has 0 spiro atoms. The van der Waals surface area contributed by atoms with Crippen LogP contribution in [0.3, 0.4) is 0 Å². The van der Waals surface area contributed by atoms with Crippen LogP contribution >= 0.6 is 0 Å². The Labute approximate surface area is 71.8 Å². The fourth-order valence-corrected chi connectivity index (χ4v) is 1.67. The third kappa shape index (κ3) is 1.23. The summed E-state index contributed by atoms with van der Waals surface area (Å²) in [5.41, 5.74) is 2.05. The number of halogens is 1. The number of rotatable bonds is 0. The summed E-state index contributed by atoms with van der Waals surface area (Å²) in [6.45, 7) is 1.79. The second-order valence-corrected chi connectivity index (χ2v) is 3.37. The van der Waals surface area contributed by atoms with Gasteiger partial charge in [0, 0.05) is 18.7 Å². The topological polar surface area (TPSA) is 3.24 Å². The van der Waals surface area contributed by atoms with Gasteiger partial charge in [-0.3, -0.25) is 0 Å². The van der Waals surface area contributed by atoms with E-state index in [-0.39, 0.29) is 5.82 Å². The minimum atomic E-state index is -0.0564. The average molecular weight is 165 g/mol. The van der Waals surface area contributed by atoms with Gasteiger partial charge in [-0.15, -0.1) is 0 Å². The van der Waals surface area contributed by atoms with Gasteiger partial charge < -0.3 is 4.90 Å². The average Bonchev–Trinajstić information content (AvgIpc) is 2.07. The molecule has 2 heteroatoms. The fraction of sp³-hybridized carbons (Fsp3) is 0.400.